The van der Waals surface area contributed by atoms with Gasteiger partial charge in [0.2, 0.25) is 11.8 Å². The molecule has 200 valence electrons. The fourth-order valence-electron chi connectivity index (χ4n) is 4.83. The molecule has 0 radical (unpaired) electrons. The van der Waals surface area contributed by atoms with Crippen molar-refractivity contribution in [1.29, 1.82) is 0 Å². The summed E-state index contributed by atoms with van der Waals surface area (Å²) < 4.78 is 0. The summed E-state index contributed by atoms with van der Waals surface area (Å²) in [5.41, 5.74) is 1.10. The van der Waals surface area contributed by atoms with E-state index in [9.17, 15) is 9.59 Å². The summed E-state index contributed by atoms with van der Waals surface area (Å²) >= 11 is 7.66. The zero-order valence-electron chi connectivity index (χ0n) is 21.8. The van der Waals surface area contributed by atoms with Crippen LogP contribution in [0.4, 0.5) is 5.82 Å². The number of benzene rings is 1. The molecule has 0 bridgehead atoms. The molecule has 1 aliphatic carbocycles. The molecule has 1 aliphatic heterocycles. The number of piperazine rings is 1. The highest BCUT2D eigenvalue weighted by atomic mass is 35.5. The predicted molar refractivity (Wildman–Crippen MR) is 149 cm³/mol. The van der Waals surface area contributed by atoms with Crippen molar-refractivity contribution in [3.63, 3.8) is 0 Å². The Morgan fingerprint density at radius 2 is 1.73 bits per heavy atom. The number of nitrogens with zero attached hydrogens (tertiary/aromatic N) is 6. The molecule has 37 heavy (non-hydrogen) atoms. The van der Waals surface area contributed by atoms with E-state index in [1.807, 2.05) is 54.2 Å². The highest BCUT2D eigenvalue weighted by Crippen LogP contribution is 2.28. The molecule has 0 atom stereocenters. The molecule has 2 fully saturated rings. The van der Waals surface area contributed by atoms with Crippen LogP contribution in [-0.2, 0) is 16.1 Å². The molecule has 0 N–H and O–H groups in total. The number of hydrogen-bond acceptors (Lipinski definition) is 7. The molecule has 1 aromatic heterocycles. The minimum Gasteiger partial charge on any atom is -0.353 e. The second-order valence-electron chi connectivity index (χ2n) is 10.0. The molecule has 4 rings (SSSR count). The summed E-state index contributed by atoms with van der Waals surface area (Å²) in [5.74, 6) is 1.54. The number of amides is 2. The van der Waals surface area contributed by atoms with Crippen molar-refractivity contribution in [3.8, 4) is 0 Å². The molecule has 2 heterocycles. The lowest BCUT2D eigenvalue weighted by Gasteiger charge is -2.36. The molecule has 8 nitrogen and oxygen atoms in total. The van der Waals surface area contributed by atoms with Gasteiger partial charge in [-0.15, -0.1) is 0 Å². The van der Waals surface area contributed by atoms with E-state index in [4.69, 9.17) is 16.6 Å². The fourth-order valence-corrected chi connectivity index (χ4v) is 5.82. The van der Waals surface area contributed by atoms with Crippen LogP contribution < -0.4 is 4.90 Å². The maximum absolute atomic E-state index is 13.2. The summed E-state index contributed by atoms with van der Waals surface area (Å²) in [6.45, 7) is 4.81. The van der Waals surface area contributed by atoms with Crippen LogP contribution in [-0.4, -0.2) is 95.6 Å². The zero-order valence-corrected chi connectivity index (χ0v) is 23.4. The highest BCUT2D eigenvalue weighted by molar-refractivity contribution is 7.99. The number of carbonyl (C=O) groups excluding carboxylic acids is 2. The molecule has 1 saturated carbocycles. The molecule has 10 heteroatoms. The lowest BCUT2D eigenvalue weighted by molar-refractivity contribution is -0.135. The van der Waals surface area contributed by atoms with Crippen LogP contribution in [0.5, 0.6) is 0 Å². The third kappa shape index (κ3) is 8.06. The van der Waals surface area contributed by atoms with E-state index in [1.165, 1.54) is 24.6 Å². The van der Waals surface area contributed by atoms with Gasteiger partial charge in [0.25, 0.3) is 0 Å². The second kappa shape index (κ2) is 13.4. The van der Waals surface area contributed by atoms with Crippen molar-refractivity contribution >= 4 is 41.0 Å². The SMILES string of the molecule is CN(C)CCN(Cc1ccccc1)C(=O)CSc1nc(Cl)cc(N2CCN(C(=O)C3CCCC3)CC2)n1. The van der Waals surface area contributed by atoms with E-state index in [2.05, 4.69) is 14.8 Å². The van der Waals surface area contributed by atoms with Crippen LogP contribution in [0.15, 0.2) is 41.6 Å². The minimum atomic E-state index is 0.0415. The van der Waals surface area contributed by atoms with Gasteiger partial charge in [0.15, 0.2) is 5.16 Å². The van der Waals surface area contributed by atoms with Gasteiger partial charge in [0, 0.05) is 57.8 Å². The molecule has 2 aliphatic rings. The van der Waals surface area contributed by atoms with Gasteiger partial charge in [-0.05, 0) is 32.5 Å². The number of thioether (sulfide) groups is 1. The Bertz CT molecular complexity index is 1040. The molecule has 1 saturated heterocycles. The van der Waals surface area contributed by atoms with E-state index in [0.29, 0.717) is 55.5 Å². The van der Waals surface area contributed by atoms with Crippen molar-refractivity contribution in [3.05, 3.63) is 47.1 Å². The van der Waals surface area contributed by atoms with Gasteiger partial charge in [-0.25, -0.2) is 9.97 Å². The standard InChI is InChI=1S/C27H37ClN6O2S/c1-31(2)12-13-34(19-21-8-4-3-5-9-21)25(35)20-37-27-29-23(28)18-24(30-27)32-14-16-33(17-15-32)26(36)22-10-6-7-11-22/h3-5,8-9,18,22H,6-7,10-17,19-20H2,1-2H3. The van der Waals surface area contributed by atoms with Crippen LogP contribution in [0, 0.1) is 5.92 Å². The third-order valence-corrected chi connectivity index (χ3v) is 8.02. The summed E-state index contributed by atoms with van der Waals surface area (Å²) in [7, 11) is 4.01. The number of aromatic nitrogens is 2. The summed E-state index contributed by atoms with van der Waals surface area (Å²) in [6.07, 6.45) is 4.38. The number of halogens is 1. The first-order valence-corrected chi connectivity index (χ1v) is 14.4. The molecular formula is C27H37ClN6O2S. The Morgan fingerprint density at radius 1 is 1.03 bits per heavy atom. The topological polar surface area (TPSA) is 72.9 Å². The Hall–Kier alpha value is -2.36. The monoisotopic (exact) mass is 544 g/mol. The fraction of sp³-hybridized carbons (Fsp3) is 0.556. The molecule has 2 aromatic rings. The van der Waals surface area contributed by atoms with Gasteiger partial charge in [0.05, 0.1) is 5.75 Å². The minimum absolute atomic E-state index is 0.0415. The van der Waals surface area contributed by atoms with Crippen LogP contribution in [0.25, 0.3) is 0 Å². The maximum atomic E-state index is 13.2. The van der Waals surface area contributed by atoms with Gasteiger partial charge in [-0.3, -0.25) is 9.59 Å². The number of likely N-dealkylation sites (N-methyl/N-ethyl adjacent to an activating group) is 1. The highest BCUT2D eigenvalue weighted by Gasteiger charge is 2.30. The van der Waals surface area contributed by atoms with E-state index < -0.39 is 0 Å². The molecule has 2 amide bonds. The molecule has 0 unspecified atom stereocenters. The Balaban J connectivity index is 1.34. The van der Waals surface area contributed by atoms with E-state index in [0.717, 1.165) is 30.8 Å². The van der Waals surface area contributed by atoms with E-state index in [-0.39, 0.29) is 17.6 Å². The predicted octanol–water partition coefficient (Wildman–Crippen LogP) is 3.65. The Kier molecular flexibility index (Phi) is 10.1. The lowest BCUT2D eigenvalue weighted by atomic mass is 10.1. The van der Waals surface area contributed by atoms with Gasteiger partial charge in [-0.2, -0.15) is 0 Å². The maximum Gasteiger partial charge on any atom is 0.233 e. The average molecular weight is 545 g/mol. The van der Waals surface area contributed by atoms with Crippen LogP contribution >= 0.6 is 23.4 Å². The van der Waals surface area contributed by atoms with Gasteiger partial charge < -0.3 is 19.6 Å². The van der Waals surface area contributed by atoms with E-state index in [1.54, 1.807) is 6.07 Å². The van der Waals surface area contributed by atoms with Gasteiger partial charge in [-0.1, -0.05) is 66.5 Å². The average Bonchev–Trinajstić information content (AvgIpc) is 3.45. The molecular weight excluding hydrogens is 508 g/mol. The Morgan fingerprint density at radius 3 is 2.41 bits per heavy atom. The van der Waals surface area contributed by atoms with Crippen molar-refractivity contribution in [2.24, 2.45) is 5.92 Å². The lowest BCUT2D eigenvalue weighted by Crippen LogP contribution is -2.50. The largest absolute Gasteiger partial charge is 0.353 e. The van der Waals surface area contributed by atoms with Crippen LogP contribution in [0.1, 0.15) is 31.2 Å². The smallest absolute Gasteiger partial charge is 0.233 e. The van der Waals surface area contributed by atoms with Crippen molar-refractivity contribution in [1.82, 2.24) is 24.7 Å². The number of carbonyl (C=O) groups is 2. The van der Waals surface area contributed by atoms with Gasteiger partial charge in [0.1, 0.15) is 11.0 Å². The first kappa shape index (κ1) is 27.7. The number of hydrogen-bond donors (Lipinski definition) is 0. The quantitative estimate of drug-likeness (QED) is 0.257. The summed E-state index contributed by atoms with van der Waals surface area (Å²) in [5, 5.41) is 0.853. The Labute approximate surface area is 229 Å². The zero-order chi connectivity index (χ0) is 26.2. The van der Waals surface area contributed by atoms with Crippen molar-refractivity contribution < 1.29 is 9.59 Å². The summed E-state index contributed by atoms with van der Waals surface area (Å²) in [4.78, 5) is 43.1. The first-order chi connectivity index (χ1) is 17.9. The van der Waals surface area contributed by atoms with Crippen LogP contribution in [0.3, 0.4) is 0 Å². The van der Waals surface area contributed by atoms with E-state index >= 15 is 0 Å². The third-order valence-electron chi connectivity index (χ3n) is 6.99. The summed E-state index contributed by atoms with van der Waals surface area (Å²) in [6, 6.07) is 11.8. The van der Waals surface area contributed by atoms with Crippen molar-refractivity contribution in [2.45, 2.75) is 37.4 Å². The number of anilines is 1. The molecule has 0 spiro atoms. The second-order valence-corrected chi connectivity index (χ2v) is 11.3. The van der Waals surface area contributed by atoms with Crippen LogP contribution in [0.2, 0.25) is 5.15 Å². The first-order valence-electron chi connectivity index (χ1n) is 13.1. The normalized spacial score (nSPS) is 16.4. The van der Waals surface area contributed by atoms with Crippen molar-refractivity contribution in [2.75, 3.05) is 64.0 Å². The van der Waals surface area contributed by atoms with Gasteiger partial charge >= 0.3 is 0 Å². The molecule has 1 aromatic carbocycles. The number of rotatable bonds is 10.